The summed E-state index contributed by atoms with van der Waals surface area (Å²) < 4.78 is 0. The van der Waals surface area contributed by atoms with Crippen LogP contribution in [0.3, 0.4) is 0 Å². The Balaban J connectivity index is 4.45. The summed E-state index contributed by atoms with van der Waals surface area (Å²) in [6.45, 7) is 0. The Morgan fingerprint density at radius 3 is 2.06 bits per heavy atom. The van der Waals surface area contributed by atoms with E-state index in [4.69, 9.17) is 15.9 Å². The Bertz CT molecular complexity index is 311. The summed E-state index contributed by atoms with van der Waals surface area (Å²) in [7, 11) is 0. The number of nitrogens with two attached hydrogens (primary N) is 1. The molecule has 8 heteroatoms. The Hall–Kier alpha value is -1.11. The Labute approximate surface area is 111 Å². The quantitative estimate of drug-likeness (QED) is 0.393. The van der Waals surface area contributed by atoms with Crippen molar-refractivity contribution >= 4 is 32.8 Å². The van der Waals surface area contributed by atoms with E-state index in [1.165, 1.54) is 0 Å². The predicted molar refractivity (Wildman–Crippen MR) is 65.5 cm³/mol. The molecule has 0 aromatic rings. The van der Waals surface area contributed by atoms with E-state index in [2.05, 4.69) is 5.32 Å². The van der Waals surface area contributed by atoms with Gasteiger partial charge in [-0.3, -0.25) is 0 Å². The molecular weight excluding hydrogens is 307 g/mol. The average molecular weight is 325 g/mol. The van der Waals surface area contributed by atoms with Gasteiger partial charge >= 0.3 is 111 Å². The second-order valence-corrected chi connectivity index (χ2v) is 5.80. The molecule has 104 valence electrons. The molecule has 0 aliphatic heterocycles. The van der Waals surface area contributed by atoms with Gasteiger partial charge in [-0.05, 0) is 0 Å². The summed E-state index contributed by atoms with van der Waals surface area (Å²) in [6.07, 6.45) is 0.284. The van der Waals surface area contributed by atoms with E-state index in [1.807, 2.05) is 5.82 Å². The maximum absolute atomic E-state index is 11.0. The van der Waals surface area contributed by atoms with Crippen LogP contribution < -0.4 is 11.1 Å². The summed E-state index contributed by atoms with van der Waals surface area (Å²) in [5.74, 6) is -0.880. The Morgan fingerprint density at radius 2 is 1.67 bits per heavy atom. The molecule has 0 saturated heterocycles. The van der Waals surface area contributed by atoms with Crippen molar-refractivity contribution in [1.82, 2.24) is 5.32 Å². The van der Waals surface area contributed by atoms with E-state index < -0.39 is 29.9 Å². The summed E-state index contributed by atoms with van der Waals surface area (Å²) >= 11 is 0.335. The second-order valence-electron chi connectivity index (χ2n) is 3.73. The number of nitrogens with one attached hydrogen (secondary N) is 1. The van der Waals surface area contributed by atoms with Gasteiger partial charge in [-0.2, -0.15) is 0 Å². The standard InChI is InChI=1S/C10H18N2O5Se/c1-18-5-4-7(10(16)17)12-6(9(14)15)2-3-8(11)13/h6-7,12H,2-5H2,1H3,(H2,11,13)(H,14,15)(H,16,17)/t6-,7-/m0/s1. The third-order valence-corrected chi connectivity index (χ3v) is 3.64. The van der Waals surface area contributed by atoms with Crippen LogP contribution in [-0.2, 0) is 14.4 Å². The number of hydrogen-bond donors (Lipinski definition) is 4. The van der Waals surface area contributed by atoms with Crippen molar-refractivity contribution in [2.24, 2.45) is 5.73 Å². The van der Waals surface area contributed by atoms with Gasteiger partial charge in [0.1, 0.15) is 0 Å². The fraction of sp³-hybridized carbons (Fsp3) is 0.700. The van der Waals surface area contributed by atoms with Crippen LogP contribution in [0.1, 0.15) is 19.3 Å². The molecule has 7 nitrogen and oxygen atoms in total. The first-order valence-electron chi connectivity index (χ1n) is 5.37. The van der Waals surface area contributed by atoms with Gasteiger partial charge < -0.3 is 0 Å². The molecule has 0 fully saturated rings. The predicted octanol–water partition coefficient (Wildman–Crippen LogP) is -0.691. The maximum atomic E-state index is 11.0. The van der Waals surface area contributed by atoms with Crippen molar-refractivity contribution in [2.75, 3.05) is 0 Å². The van der Waals surface area contributed by atoms with Gasteiger partial charge in [-0.15, -0.1) is 0 Å². The van der Waals surface area contributed by atoms with Crippen molar-refractivity contribution in [2.45, 2.75) is 42.5 Å². The zero-order valence-corrected chi connectivity index (χ0v) is 11.8. The molecule has 0 unspecified atom stereocenters. The monoisotopic (exact) mass is 326 g/mol. The van der Waals surface area contributed by atoms with E-state index in [1.54, 1.807) is 0 Å². The first kappa shape index (κ1) is 16.9. The van der Waals surface area contributed by atoms with Gasteiger partial charge in [0.15, 0.2) is 0 Å². The molecule has 0 aliphatic rings. The number of aliphatic carboxylic acids is 2. The number of primary amides is 1. The first-order chi connectivity index (χ1) is 8.38. The van der Waals surface area contributed by atoms with Crippen molar-refractivity contribution in [3.63, 3.8) is 0 Å². The minimum atomic E-state index is -1.18. The van der Waals surface area contributed by atoms with E-state index in [0.717, 1.165) is 5.32 Å². The van der Waals surface area contributed by atoms with Gasteiger partial charge in [0.2, 0.25) is 0 Å². The van der Waals surface area contributed by atoms with Crippen molar-refractivity contribution in [1.29, 1.82) is 0 Å². The molecular formula is C10H18N2O5Se. The van der Waals surface area contributed by atoms with Gasteiger partial charge in [0.25, 0.3) is 0 Å². The molecule has 0 aliphatic carbocycles. The molecule has 2 atom stereocenters. The summed E-state index contributed by atoms with van der Waals surface area (Å²) in [4.78, 5) is 32.5. The van der Waals surface area contributed by atoms with E-state index >= 15 is 0 Å². The van der Waals surface area contributed by atoms with Gasteiger partial charge in [-0.1, -0.05) is 0 Å². The van der Waals surface area contributed by atoms with Crippen LogP contribution in [0.4, 0.5) is 0 Å². The normalized spacial score (nSPS) is 13.8. The fourth-order valence-corrected chi connectivity index (χ4v) is 2.31. The number of carbonyl (C=O) groups excluding carboxylic acids is 1. The van der Waals surface area contributed by atoms with Crippen LogP contribution in [-0.4, -0.2) is 55.1 Å². The molecule has 0 spiro atoms. The molecule has 0 aromatic heterocycles. The summed E-state index contributed by atoms with van der Waals surface area (Å²) in [5, 5.41) is 21.2. The Morgan fingerprint density at radius 1 is 1.17 bits per heavy atom. The summed E-state index contributed by atoms with van der Waals surface area (Å²) in [6, 6.07) is -1.97. The van der Waals surface area contributed by atoms with Crippen molar-refractivity contribution in [3.8, 4) is 0 Å². The number of amides is 1. The van der Waals surface area contributed by atoms with Crippen LogP contribution in [0.2, 0.25) is 11.1 Å². The minimum absolute atomic E-state index is 0.00822. The molecule has 0 heterocycles. The number of carboxylic acid groups (broad SMARTS) is 2. The molecule has 1 amide bonds. The van der Waals surface area contributed by atoms with Gasteiger partial charge in [0.05, 0.1) is 0 Å². The number of rotatable bonds is 10. The first-order valence-corrected chi connectivity index (χ1v) is 8.29. The number of carbonyl (C=O) groups is 3. The molecule has 0 bridgehead atoms. The van der Waals surface area contributed by atoms with E-state index in [9.17, 15) is 14.4 Å². The molecule has 18 heavy (non-hydrogen) atoms. The van der Waals surface area contributed by atoms with Crippen LogP contribution in [0.5, 0.6) is 0 Å². The van der Waals surface area contributed by atoms with E-state index in [-0.39, 0.29) is 12.8 Å². The third-order valence-electron chi connectivity index (χ3n) is 2.29. The molecule has 0 saturated carbocycles. The van der Waals surface area contributed by atoms with Crippen molar-refractivity contribution in [3.05, 3.63) is 0 Å². The van der Waals surface area contributed by atoms with Crippen LogP contribution >= 0.6 is 0 Å². The zero-order valence-electron chi connectivity index (χ0n) is 10.1. The van der Waals surface area contributed by atoms with E-state index in [0.29, 0.717) is 21.4 Å². The Kier molecular flexibility index (Phi) is 8.36. The van der Waals surface area contributed by atoms with Crippen LogP contribution in [0.15, 0.2) is 0 Å². The SMILES string of the molecule is C[Se]CC[C@H](N[C@@H](CCC(N)=O)C(=O)O)C(=O)O. The van der Waals surface area contributed by atoms with Crippen LogP contribution in [0, 0.1) is 0 Å². The molecule has 0 rings (SSSR count). The summed E-state index contributed by atoms with van der Waals surface area (Å²) in [5.41, 5.74) is 4.94. The molecule has 0 radical (unpaired) electrons. The molecule has 0 aromatic carbocycles. The van der Waals surface area contributed by atoms with Gasteiger partial charge in [0, 0.05) is 0 Å². The third kappa shape index (κ3) is 7.26. The van der Waals surface area contributed by atoms with Crippen LogP contribution in [0.25, 0.3) is 0 Å². The zero-order chi connectivity index (χ0) is 14.1. The number of hydrogen-bond acceptors (Lipinski definition) is 4. The topological polar surface area (TPSA) is 130 Å². The van der Waals surface area contributed by atoms with Gasteiger partial charge in [-0.25, -0.2) is 0 Å². The fourth-order valence-electron chi connectivity index (χ4n) is 1.32. The average Bonchev–Trinajstić information content (AvgIpc) is 2.26. The second kappa shape index (κ2) is 8.90. The van der Waals surface area contributed by atoms with Crippen molar-refractivity contribution < 1.29 is 24.6 Å². The number of carboxylic acids is 2. The molecule has 5 N–H and O–H groups in total.